The van der Waals surface area contributed by atoms with Crippen LogP contribution in [0.15, 0.2) is 61.2 Å². The predicted octanol–water partition coefficient (Wildman–Crippen LogP) is 3.03. The van der Waals surface area contributed by atoms with Gasteiger partial charge in [-0.25, -0.2) is 4.79 Å². The van der Waals surface area contributed by atoms with Crippen LogP contribution in [-0.2, 0) is 19.1 Å². The standard InChI is InChI=1S/C26H28N2O6/c1-2-12-28(15-23(29)30)25(31)24-17(11-13-33-24)14-27-26(32)34-16-22-20-9-5-3-7-18(20)19-8-4-6-10-21(19)22/h2-10,17,22,24H,1,11-16H2,(H,27,32)(H,29,30)/t17-,24-/m1/s1. The SMILES string of the molecule is C=CCN(CC(=O)O)C(=O)[C@@H]1OCC[C@@H]1CNC(=O)OCC1c2ccccc2-c2ccccc21. The van der Waals surface area contributed by atoms with Crippen molar-refractivity contribution in [2.75, 3.05) is 32.8 Å². The second-order valence-corrected chi connectivity index (χ2v) is 8.45. The van der Waals surface area contributed by atoms with E-state index >= 15 is 0 Å². The monoisotopic (exact) mass is 464 g/mol. The maximum absolute atomic E-state index is 12.8. The Labute approximate surface area is 198 Å². The Hall–Kier alpha value is -3.65. The maximum Gasteiger partial charge on any atom is 0.407 e. The van der Waals surface area contributed by atoms with Gasteiger partial charge in [0.05, 0.1) is 0 Å². The number of alkyl carbamates (subject to hydrolysis) is 1. The molecule has 178 valence electrons. The molecule has 2 amide bonds. The van der Waals surface area contributed by atoms with Crippen molar-refractivity contribution in [3.8, 4) is 11.1 Å². The zero-order chi connectivity index (χ0) is 24.1. The summed E-state index contributed by atoms with van der Waals surface area (Å²) in [4.78, 5) is 37.6. The average molecular weight is 465 g/mol. The van der Waals surface area contributed by atoms with Crippen molar-refractivity contribution in [1.82, 2.24) is 10.2 Å². The summed E-state index contributed by atoms with van der Waals surface area (Å²) in [6.07, 6.45) is 0.677. The van der Waals surface area contributed by atoms with Gasteiger partial charge in [-0.05, 0) is 28.7 Å². The van der Waals surface area contributed by atoms with Gasteiger partial charge in [-0.3, -0.25) is 9.59 Å². The van der Waals surface area contributed by atoms with E-state index in [0.717, 1.165) is 22.3 Å². The van der Waals surface area contributed by atoms with E-state index in [9.17, 15) is 14.4 Å². The summed E-state index contributed by atoms with van der Waals surface area (Å²) in [6.45, 7) is 4.01. The molecule has 0 saturated carbocycles. The predicted molar refractivity (Wildman–Crippen MR) is 125 cm³/mol. The first-order valence-corrected chi connectivity index (χ1v) is 11.3. The number of nitrogens with zero attached hydrogens (tertiary/aromatic N) is 1. The van der Waals surface area contributed by atoms with Crippen LogP contribution in [0.2, 0.25) is 0 Å². The van der Waals surface area contributed by atoms with E-state index in [2.05, 4.69) is 36.2 Å². The number of carbonyl (C=O) groups excluding carboxylic acids is 2. The number of ether oxygens (including phenoxy) is 2. The van der Waals surface area contributed by atoms with Gasteiger partial charge in [0.2, 0.25) is 0 Å². The van der Waals surface area contributed by atoms with Crippen molar-refractivity contribution in [1.29, 1.82) is 0 Å². The summed E-state index contributed by atoms with van der Waals surface area (Å²) < 4.78 is 11.1. The average Bonchev–Trinajstić information content (AvgIpc) is 3.43. The van der Waals surface area contributed by atoms with Gasteiger partial charge >= 0.3 is 12.1 Å². The minimum absolute atomic E-state index is 0.0363. The molecule has 8 nitrogen and oxygen atoms in total. The molecule has 0 radical (unpaired) electrons. The van der Waals surface area contributed by atoms with Crippen molar-refractivity contribution >= 4 is 18.0 Å². The minimum atomic E-state index is -1.11. The lowest BCUT2D eigenvalue weighted by Crippen LogP contribution is -2.46. The zero-order valence-electron chi connectivity index (χ0n) is 18.8. The van der Waals surface area contributed by atoms with E-state index in [1.54, 1.807) is 0 Å². The Morgan fingerprint density at radius 2 is 1.76 bits per heavy atom. The fraction of sp³-hybridized carbons (Fsp3) is 0.346. The highest BCUT2D eigenvalue weighted by molar-refractivity contribution is 5.85. The van der Waals surface area contributed by atoms with Crippen LogP contribution in [0.1, 0.15) is 23.5 Å². The molecule has 1 fully saturated rings. The van der Waals surface area contributed by atoms with E-state index in [0.29, 0.717) is 13.0 Å². The Kier molecular flexibility index (Phi) is 7.27. The smallest absolute Gasteiger partial charge is 0.407 e. The van der Waals surface area contributed by atoms with Gasteiger partial charge < -0.3 is 24.8 Å². The highest BCUT2D eigenvalue weighted by atomic mass is 16.5. The molecular weight excluding hydrogens is 436 g/mol. The van der Waals surface area contributed by atoms with Gasteiger partial charge in [-0.1, -0.05) is 54.6 Å². The van der Waals surface area contributed by atoms with Crippen LogP contribution in [0, 0.1) is 5.92 Å². The molecule has 2 aromatic rings. The summed E-state index contributed by atoms with van der Waals surface area (Å²) in [5, 5.41) is 11.8. The molecule has 2 N–H and O–H groups in total. The van der Waals surface area contributed by atoms with Crippen LogP contribution in [0.4, 0.5) is 4.79 Å². The first-order valence-electron chi connectivity index (χ1n) is 11.3. The number of aliphatic carboxylic acids is 1. The number of benzene rings is 2. The fourth-order valence-electron chi connectivity index (χ4n) is 4.71. The molecule has 2 aliphatic rings. The highest BCUT2D eigenvalue weighted by Gasteiger charge is 2.37. The number of fused-ring (bicyclic) bond motifs is 3. The molecule has 0 aromatic heterocycles. The topological polar surface area (TPSA) is 105 Å². The summed E-state index contributed by atoms with van der Waals surface area (Å²) in [6, 6.07) is 16.2. The van der Waals surface area contributed by atoms with Crippen molar-refractivity contribution < 1.29 is 29.0 Å². The number of hydrogen-bond acceptors (Lipinski definition) is 5. The number of carboxylic acid groups (broad SMARTS) is 1. The fourth-order valence-corrected chi connectivity index (χ4v) is 4.71. The maximum atomic E-state index is 12.8. The van der Waals surface area contributed by atoms with E-state index in [1.165, 1.54) is 11.0 Å². The van der Waals surface area contributed by atoms with Crippen LogP contribution >= 0.6 is 0 Å². The minimum Gasteiger partial charge on any atom is -0.480 e. The Balaban J connectivity index is 1.33. The van der Waals surface area contributed by atoms with Crippen LogP contribution in [0.3, 0.4) is 0 Å². The summed E-state index contributed by atoms with van der Waals surface area (Å²) >= 11 is 0. The molecular formula is C26H28N2O6. The van der Waals surface area contributed by atoms with Crippen molar-refractivity contribution in [3.63, 3.8) is 0 Å². The van der Waals surface area contributed by atoms with Gasteiger partial charge in [0.1, 0.15) is 19.3 Å². The Morgan fingerprint density at radius 1 is 1.12 bits per heavy atom. The molecule has 4 rings (SSSR count). The molecule has 1 heterocycles. The number of carbonyl (C=O) groups is 3. The molecule has 34 heavy (non-hydrogen) atoms. The van der Waals surface area contributed by atoms with Crippen molar-refractivity contribution in [2.45, 2.75) is 18.4 Å². The molecule has 8 heteroatoms. The van der Waals surface area contributed by atoms with Gasteiger partial charge in [0.15, 0.2) is 0 Å². The largest absolute Gasteiger partial charge is 0.480 e. The van der Waals surface area contributed by atoms with Crippen LogP contribution in [0.25, 0.3) is 11.1 Å². The normalized spacial score (nSPS) is 18.6. The van der Waals surface area contributed by atoms with Gasteiger partial charge in [-0.15, -0.1) is 6.58 Å². The molecule has 1 saturated heterocycles. The molecule has 2 atom stereocenters. The van der Waals surface area contributed by atoms with Gasteiger partial charge in [0.25, 0.3) is 5.91 Å². The Morgan fingerprint density at radius 3 is 2.38 bits per heavy atom. The Bertz CT molecular complexity index is 1040. The molecule has 1 aliphatic carbocycles. The molecule has 0 spiro atoms. The zero-order valence-corrected chi connectivity index (χ0v) is 18.8. The lowest BCUT2D eigenvalue weighted by atomic mass is 9.98. The lowest BCUT2D eigenvalue weighted by molar-refractivity contribution is -0.149. The van der Waals surface area contributed by atoms with E-state index in [4.69, 9.17) is 14.6 Å². The number of amides is 2. The van der Waals surface area contributed by atoms with Crippen LogP contribution in [-0.4, -0.2) is 66.9 Å². The highest BCUT2D eigenvalue weighted by Crippen LogP contribution is 2.44. The summed E-state index contributed by atoms with van der Waals surface area (Å²) in [5.74, 6) is -1.83. The second kappa shape index (κ2) is 10.5. The third-order valence-corrected chi connectivity index (χ3v) is 6.30. The van der Waals surface area contributed by atoms with E-state index < -0.39 is 30.6 Å². The molecule has 1 aliphatic heterocycles. The third-order valence-electron chi connectivity index (χ3n) is 6.30. The third kappa shape index (κ3) is 4.97. The van der Waals surface area contributed by atoms with Crippen LogP contribution < -0.4 is 5.32 Å². The molecule has 2 aromatic carbocycles. The first-order chi connectivity index (χ1) is 16.5. The van der Waals surface area contributed by atoms with E-state index in [1.807, 2.05) is 24.3 Å². The quantitative estimate of drug-likeness (QED) is 0.553. The second-order valence-electron chi connectivity index (χ2n) is 8.45. The number of rotatable bonds is 9. The van der Waals surface area contributed by atoms with Gasteiger partial charge in [-0.2, -0.15) is 0 Å². The van der Waals surface area contributed by atoms with Crippen molar-refractivity contribution in [3.05, 3.63) is 72.3 Å². The summed E-state index contributed by atoms with van der Waals surface area (Å²) in [5.41, 5.74) is 4.57. The van der Waals surface area contributed by atoms with E-state index in [-0.39, 0.29) is 31.5 Å². The summed E-state index contributed by atoms with van der Waals surface area (Å²) in [7, 11) is 0. The van der Waals surface area contributed by atoms with Crippen molar-refractivity contribution in [2.24, 2.45) is 5.92 Å². The number of carboxylic acids is 1. The lowest BCUT2D eigenvalue weighted by Gasteiger charge is -2.25. The molecule has 0 bridgehead atoms. The number of nitrogens with one attached hydrogen (secondary N) is 1. The van der Waals surface area contributed by atoms with Crippen LogP contribution in [0.5, 0.6) is 0 Å². The van der Waals surface area contributed by atoms with Gasteiger partial charge in [0, 0.05) is 31.5 Å². The number of hydrogen-bond donors (Lipinski definition) is 2. The first kappa shape index (κ1) is 23.5. The molecule has 0 unspecified atom stereocenters.